The number of hydrogen-bond acceptors (Lipinski definition) is 5. The number of rotatable bonds is 3. The van der Waals surface area contributed by atoms with E-state index in [2.05, 4.69) is 19.2 Å². The number of phenols is 1. The molecular formula is C21H33NO4. The summed E-state index contributed by atoms with van der Waals surface area (Å²) in [6, 6.07) is 0. The van der Waals surface area contributed by atoms with Crippen LogP contribution in [0.4, 0.5) is 0 Å². The van der Waals surface area contributed by atoms with Crippen LogP contribution in [-0.4, -0.2) is 41.8 Å². The maximum absolute atomic E-state index is 10.3. The molecule has 0 amide bonds. The molecule has 0 aromatic heterocycles. The zero-order valence-electron chi connectivity index (χ0n) is 17.2. The molecule has 0 saturated carbocycles. The van der Waals surface area contributed by atoms with Gasteiger partial charge in [-0.1, -0.05) is 0 Å². The van der Waals surface area contributed by atoms with E-state index < -0.39 is 5.79 Å². The number of benzene rings is 1. The van der Waals surface area contributed by atoms with Crippen molar-refractivity contribution in [3.63, 3.8) is 0 Å². The van der Waals surface area contributed by atoms with E-state index >= 15 is 0 Å². The molecule has 5 heteroatoms. The lowest BCUT2D eigenvalue weighted by atomic mass is 9.86. The molecule has 146 valence electrons. The monoisotopic (exact) mass is 363 g/mol. The van der Waals surface area contributed by atoms with E-state index in [4.69, 9.17) is 14.2 Å². The summed E-state index contributed by atoms with van der Waals surface area (Å²) in [6.07, 6.45) is 1.81. The van der Waals surface area contributed by atoms with Gasteiger partial charge in [0.15, 0.2) is 5.79 Å². The van der Waals surface area contributed by atoms with E-state index in [-0.39, 0.29) is 11.1 Å². The summed E-state index contributed by atoms with van der Waals surface area (Å²) in [6.45, 7) is 16.0. The molecule has 1 unspecified atom stereocenters. The summed E-state index contributed by atoms with van der Waals surface area (Å²) in [7, 11) is 0. The first kappa shape index (κ1) is 19.5. The van der Waals surface area contributed by atoms with Crippen LogP contribution in [-0.2, 0) is 15.9 Å². The Balaban J connectivity index is 1.73. The lowest BCUT2D eigenvalue weighted by Gasteiger charge is -2.44. The lowest BCUT2D eigenvalue weighted by Crippen LogP contribution is -2.61. The van der Waals surface area contributed by atoms with Gasteiger partial charge in [0.05, 0.1) is 18.8 Å². The first-order valence-electron chi connectivity index (χ1n) is 9.49. The molecule has 1 aromatic rings. The molecule has 3 rings (SSSR count). The van der Waals surface area contributed by atoms with Crippen molar-refractivity contribution in [2.45, 2.75) is 78.2 Å². The second-order valence-corrected chi connectivity index (χ2v) is 8.97. The van der Waals surface area contributed by atoms with Gasteiger partial charge < -0.3 is 24.6 Å². The highest BCUT2D eigenvalue weighted by atomic mass is 16.7. The summed E-state index contributed by atoms with van der Waals surface area (Å²) in [4.78, 5) is 0. The van der Waals surface area contributed by atoms with Crippen molar-refractivity contribution in [1.29, 1.82) is 0 Å². The van der Waals surface area contributed by atoms with Gasteiger partial charge in [0.1, 0.15) is 17.1 Å². The van der Waals surface area contributed by atoms with E-state index in [1.807, 2.05) is 34.6 Å². The molecule has 1 saturated heterocycles. The van der Waals surface area contributed by atoms with Crippen molar-refractivity contribution in [2.75, 3.05) is 19.8 Å². The summed E-state index contributed by atoms with van der Waals surface area (Å²) in [5, 5.41) is 13.9. The van der Waals surface area contributed by atoms with Crippen molar-refractivity contribution < 1.29 is 19.3 Å². The van der Waals surface area contributed by atoms with Crippen LogP contribution < -0.4 is 10.1 Å². The number of ether oxygens (including phenoxy) is 3. The molecule has 2 aliphatic heterocycles. The van der Waals surface area contributed by atoms with Crippen LogP contribution in [0.5, 0.6) is 11.5 Å². The third-order valence-corrected chi connectivity index (χ3v) is 5.96. The Bertz CT molecular complexity index is 703. The number of phenolic OH excluding ortho intramolecular Hbond substituents is 1. The third-order valence-electron chi connectivity index (χ3n) is 5.96. The third kappa shape index (κ3) is 3.57. The van der Waals surface area contributed by atoms with Gasteiger partial charge in [0.25, 0.3) is 0 Å². The highest BCUT2D eigenvalue weighted by molar-refractivity contribution is 5.58. The van der Waals surface area contributed by atoms with Crippen molar-refractivity contribution >= 4 is 0 Å². The standard InChI is InChI=1S/C21H33NO4/c1-13-14(2)18-16(15(3)17(13)23)8-9-21(7,26-18)10-22-20(6)11-24-19(4,5)25-12-20/h22-23H,8-12H2,1-7H3. The van der Waals surface area contributed by atoms with Gasteiger partial charge in [-0.15, -0.1) is 0 Å². The summed E-state index contributed by atoms with van der Waals surface area (Å²) in [5.41, 5.74) is 3.50. The number of fused-ring (bicyclic) bond motifs is 1. The zero-order valence-corrected chi connectivity index (χ0v) is 17.2. The molecule has 2 N–H and O–H groups in total. The molecule has 2 heterocycles. The predicted octanol–water partition coefficient (Wildman–Crippen LogP) is 3.53. The van der Waals surface area contributed by atoms with Crippen LogP contribution in [0.15, 0.2) is 0 Å². The topological polar surface area (TPSA) is 60.0 Å². The van der Waals surface area contributed by atoms with Crippen molar-refractivity contribution in [1.82, 2.24) is 5.32 Å². The number of nitrogens with one attached hydrogen (secondary N) is 1. The summed E-state index contributed by atoms with van der Waals surface area (Å²) < 4.78 is 18.1. The normalized spacial score (nSPS) is 26.9. The van der Waals surface area contributed by atoms with Crippen LogP contribution >= 0.6 is 0 Å². The van der Waals surface area contributed by atoms with Gasteiger partial charge in [-0.2, -0.15) is 0 Å². The fraction of sp³-hybridized carbons (Fsp3) is 0.714. The Morgan fingerprint density at radius 3 is 2.19 bits per heavy atom. The van der Waals surface area contributed by atoms with Gasteiger partial charge in [-0.3, -0.25) is 0 Å². The summed E-state index contributed by atoms with van der Waals surface area (Å²) >= 11 is 0. The highest BCUT2D eigenvalue weighted by Crippen LogP contribution is 2.43. The van der Waals surface area contributed by atoms with E-state index in [9.17, 15) is 5.11 Å². The molecule has 5 nitrogen and oxygen atoms in total. The van der Waals surface area contributed by atoms with E-state index in [1.54, 1.807) is 0 Å². The Labute approximate surface area is 157 Å². The van der Waals surface area contributed by atoms with Crippen LogP contribution in [0.1, 0.15) is 56.4 Å². The van der Waals surface area contributed by atoms with Crippen molar-refractivity contribution in [3.8, 4) is 11.5 Å². The minimum absolute atomic E-state index is 0.224. The number of hydrogen-bond donors (Lipinski definition) is 2. The Morgan fingerprint density at radius 1 is 0.962 bits per heavy atom. The van der Waals surface area contributed by atoms with Crippen LogP contribution in [0, 0.1) is 20.8 Å². The van der Waals surface area contributed by atoms with Gasteiger partial charge in [-0.05, 0) is 78.0 Å². The van der Waals surface area contributed by atoms with E-state index in [1.165, 1.54) is 0 Å². The molecule has 0 radical (unpaired) electrons. The smallest absolute Gasteiger partial charge is 0.162 e. The fourth-order valence-electron chi connectivity index (χ4n) is 3.67. The Morgan fingerprint density at radius 2 is 1.58 bits per heavy atom. The van der Waals surface area contributed by atoms with Crippen LogP contribution in [0.25, 0.3) is 0 Å². The van der Waals surface area contributed by atoms with E-state index in [0.717, 1.165) is 40.8 Å². The zero-order chi connectivity index (χ0) is 19.3. The van der Waals surface area contributed by atoms with Crippen molar-refractivity contribution in [3.05, 3.63) is 22.3 Å². The first-order chi connectivity index (χ1) is 12.0. The molecule has 1 atom stereocenters. The van der Waals surface area contributed by atoms with Crippen molar-refractivity contribution in [2.24, 2.45) is 0 Å². The second kappa shape index (κ2) is 6.39. The average Bonchev–Trinajstić information content (AvgIpc) is 2.60. The average molecular weight is 363 g/mol. The highest BCUT2D eigenvalue weighted by Gasteiger charge is 2.40. The largest absolute Gasteiger partial charge is 0.507 e. The predicted molar refractivity (Wildman–Crippen MR) is 102 cm³/mol. The maximum atomic E-state index is 10.3. The van der Waals surface area contributed by atoms with Gasteiger partial charge in [-0.25, -0.2) is 0 Å². The Kier molecular flexibility index (Phi) is 4.79. The summed E-state index contributed by atoms with van der Waals surface area (Å²) in [5.74, 6) is 0.827. The first-order valence-corrected chi connectivity index (χ1v) is 9.49. The van der Waals surface area contributed by atoms with E-state index in [0.29, 0.717) is 25.5 Å². The molecule has 0 bridgehead atoms. The fourth-order valence-corrected chi connectivity index (χ4v) is 3.67. The minimum atomic E-state index is -0.514. The minimum Gasteiger partial charge on any atom is -0.507 e. The molecule has 2 aliphatic rings. The molecule has 26 heavy (non-hydrogen) atoms. The number of aromatic hydroxyl groups is 1. The second-order valence-electron chi connectivity index (χ2n) is 8.97. The van der Waals surface area contributed by atoms with Crippen LogP contribution in [0.3, 0.4) is 0 Å². The van der Waals surface area contributed by atoms with Gasteiger partial charge >= 0.3 is 0 Å². The molecule has 1 fully saturated rings. The quantitative estimate of drug-likeness (QED) is 0.860. The van der Waals surface area contributed by atoms with Gasteiger partial charge in [0.2, 0.25) is 0 Å². The molecular weight excluding hydrogens is 330 g/mol. The maximum Gasteiger partial charge on any atom is 0.162 e. The molecule has 1 aromatic carbocycles. The molecule has 0 aliphatic carbocycles. The molecule has 0 spiro atoms. The van der Waals surface area contributed by atoms with Gasteiger partial charge in [0, 0.05) is 12.1 Å². The Hall–Kier alpha value is -1.30. The SMILES string of the molecule is Cc1c(C)c2c(c(C)c1O)CCC(C)(CNC1(C)COC(C)(C)OC1)O2. The van der Waals surface area contributed by atoms with Crippen LogP contribution in [0.2, 0.25) is 0 Å². The lowest BCUT2D eigenvalue weighted by molar-refractivity contribution is -0.269.